The Kier molecular flexibility index (Phi) is 3.85. The van der Waals surface area contributed by atoms with Crippen molar-refractivity contribution in [2.45, 2.75) is 18.9 Å². The third kappa shape index (κ3) is 3.06. The molecule has 0 saturated heterocycles. The van der Waals surface area contributed by atoms with Crippen molar-refractivity contribution >= 4 is 0 Å². The van der Waals surface area contributed by atoms with Crippen LogP contribution in [0, 0.1) is 0 Å². The lowest BCUT2D eigenvalue weighted by molar-refractivity contribution is 0.128. The third-order valence-electron chi connectivity index (χ3n) is 2.07. The van der Waals surface area contributed by atoms with Gasteiger partial charge in [-0.25, -0.2) is 8.78 Å². The zero-order chi connectivity index (χ0) is 11.4. The monoisotopic (exact) mass is 217 g/mol. The summed E-state index contributed by atoms with van der Waals surface area (Å²) in [5.74, 6) is 0.336. The van der Waals surface area contributed by atoms with E-state index in [4.69, 9.17) is 10.5 Å². The Balaban J connectivity index is 2.85. The van der Waals surface area contributed by atoms with Crippen molar-refractivity contribution < 1.29 is 18.6 Å². The van der Waals surface area contributed by atoms with Crippen molar-refractivity contribution in [3.8, 4) is 11.5 Å². The average Bonchev–Trinajstić information content (AvgIpc) is 2.16. The van der Waals surface area contributed by atoms with Gasteiger partial charge in [0.15, 0.2) is 0 Å². The molecule has 3 N–H and O–H groups in total. The van der Waals surface area contributed by atoms with E-state index < -0.39 is 18.9 Å². The Labute approximate surface area is 86.5 Å². The van der Waals surface area contributed by atoms with E-state index in [1.807, 2.05) is 0 Å². The van der Waals surface area contributed by atoms with Crippen LogP contribution in [0.15, 0.2) is 18.2 Å². The highest BCUT2D eigenvalue weighted by molar-refractivity contribution is 5.41. The number of hydrogen-bond donors (Lipinski definition) is 2. The van der Waals surface area contributed by atoms with Crippen molar-refractivity contribution in [2.75, 3.05) is 7.11 Å². The van der Waals surface area contributed by atoms with E-state index in [-0.39, 0.29) is 5.75 Å². The van der Waals surface area contributed by atoms with E-state index in [1.54, 1.807) is 6.07 Å². The molecule has 0 aliphatic heterocycles. The fraction of sp³-hybridized carbons (Fsp3) is 0.400. The van der Waals surface area contributed by atoms with E-state index >= 15 is 0 Å². The minimum atomic E-state index is -2.48. The molecule has 0 heterocycles. The molecule has 15 heavy (non-hydrogen) atoms. The van der Waals surface area contributed by atoms with Crippen LogP contribution in [-0.2, 0) is 0 Å². The Morgan fingerprint density at radius 3 is 2.60 bits per heavy atom. The van der Waals surface area contributed by atoms with E-state index in [1.165, 1.54) is 19.2 Å². The maximum Gasteiger partial charge on any atom is 0.240 e. The van der Waals surface area contributed by atoms with E-state index in [0.717, 1.165) is 0 Å². The summed E-state index contributed by atoms with van der Waals surface area (Å²) in [6.45, 7) is 0. The minimum absolute atomic E-state index is 0.123. The quantitative estimate of drug-likeness (QED) is 0.811. The molecule has 0 unspecified atom stereocenters. The number of phenolic OH excluding ortho intramolecular Hbond substituents is 1. The molecule has 0 fully saturated rings. The molecule has 5 heteroatoms. The summed E-state index contributed by atoms with van der Waals surface area (Å²) in [7, 11) is 1.45. The fourth-order valence-corrected chi connectivity index (χ4v) is 1.28. The van der Waals surface area contributed by atoms with Gasteiger partial charge in [-0.3, -0.25) is 0 Å². The van der Waals surface area contributed by atoms with Gasteiger partial charge < -0.3 is 15.6 Å². The lowest BCUT2D eigenvalue weighted by atomic mass is 10.0. The maximum absolute atomic E-state index is 12.1. The minimum Gasteiger partial charge on any atom is -0.507 e. The van der Waals surface area contributed by atoms with Crippen LogP contribution >= 0.6 is 0 Å². The number of aromatic hydroxyl groups is 1. The summed E-state index contributed by atoms with van der Waals surface area (Å²) < 4.78 is 29.0. The number of alkyl halides is 2. The van der Waals surface area contributed by atoms with Gasteiger partial charge in [0.05, 0.1) is 7.11 Å². The lowest BCUT2D eigenvalue weighted by Gasteiger charge is -2.13. The summed E-state index contributed by atoms with van der Waals surface area (Å²) in [6.07, 6.45) is -2.96. The molecule has 1 aromatic rings. The Bertz CT molecular complexity index is 331. The lowest BCUT2D eigenvalue weighted by Crippen LogP contribution is -2.14. The van der Waals surface area contributed by atoms with Crippen LogP contribution in [0.3, 0.4) is 0 Å². The smallest absolute Gasteiger partial charge is 0.240 e. The number of benzene rings is 1. The van der Waals surface area contributed by atoms with Crippen molar-refractivity contribution in [2.24, 2.45) is 5.73 Å². The average molecular weight is 217 g/mol. The molecule has 0 aliphatic rings. The van der Waals surface area contributed by atoms with E-state index in [0.29, 0.717) is 11.3 Å². The summed E-state index contributed by atoms with van der Waals surface area (Å²) in [4.78, 5) is 0. The normalized spacial score (nSPS) is 12.9. The molecular weight excluding hydrogens is 204 g/mol. The van der Waals surface area contributed by atoms with Crippen molar-refractivity contribution in [1.29, 1.82) is 0 Å². The fourth-order valence-electron chi connectivity index (χ4n) is 1.28. The second-order valence-electron chi connectivity index (χ2n) is 3.16. The number of halogens is 2. The first-order valence-corrected chi connectivity index (χ1v) is 4.45. The summed E-state index contributed by atoms with van der Waals surface area (Å²) >= 11 is 0. The van der Waals surface area contributed by atoms with Gasteiger partial charge in [-0.1, -0.05) is 6.07 Å². The summed E-state index contributed by atoms with van der Waals surface area (Å²) in [5, 5.41) is 9.50. The highest BCUT2D eigenvalue weighted by Gasteiger charge is 2.16. The van der Waals surface area contributed by atoms with Crippen LogP contribution in [0.5, 0.6) is 11.5 Å². The Morgan fingerprint density at radius 1 is 1.47 bits per heavy atom. The largest absolute Gasteiger partial charge is 0.507 e. The topological polar surface area (TPSA) is 55.5 Å². The Hall–Kier alpha value is -1.36. The van der Waals surface area contributed by atoms with Crippen LogP contribution in [-0.4, -0.2) is 18.6 Å². The van der Waals surface area contributed by atoms with Crippen molar-refractivity contribution in [3.05, 3.63) is 23.8 Å². The molecule has 0 aromatic heterocycles. The molecule has 1 atom stereocenters. The zero-order valence-corrected chi connectivity index (χ0v) is 8.28. The van der Waals surface area contributed by atoms with Crippen LogP contribution < -0.4 is 10.5 Å². The predicted octanol–water partition coefficient (Wildman–Crippen LogP) is 2.06. The number of phenols is 1. The summed E-state index contributed by atoms with van der Waals surface area (Å²) in [5.41, 5.74) is 5.81. The molecule has 84 valence electrons. The van der Waals surface area contributed by atoms with Crippen LogP contribution in [0.2, 0.25) is 0 Å². The molecule has 0 saturated carbocycles. The van der Waals surface area contributed by atoms with Gasteiger partial charge in [-0.15, -0.1) is 0 Å². The molecule has 0 radical (unpaired) electrons. The predicted molar refractivity (Wildman–Crippen MR) is 52.2 cm³/mol. The van der Waals surface area contributed by atoms with Crippen molar-refractivity contribution in [3.63, 3.8) is 0 Å². The second kappa shape index (κ2) is 4.93. The standard InChI is InChI=1S/C10H13F2NO2/c1-15-6-2-3-7(9(14)4-6)8(13)5-10(11)12/h2-4,8,10,14H,5,13H2,1H3/t8-/m0/s1. The number of rotatable bonds is 4. The summed E-state index contributed by atoms with van der Waals surface area (Å²) in [6, 6.07) is 3.54. The maximum atomic E-state index is 12.1. The number of methoxy groups -OCH3 is 1. The zero-order valence-electron chi connectivity index (χ0n) is 8.28. The SMILES string of the molecule is COc1ccc([C@@H](N)CC(F)F)c(O)c1. The van der Waals surface area contributed by atoms with Gasteiger partial charge in [0.1, 0.15) is 11.5 Å². The molecule has 0 amide bonds. The highest BCUT2D eigenvalue weighted by atomic mass is 19.3. The Morgan fingerprint density at radius 2 is 2.13 bits per heavy atom. The van der Waals surface area contributed by atoms with Gasteiger partial charge in [0.25, 0.3) is 0 Å². The molecule has 0 bridgehead atoms. The second-order valence-corrected chi connectivity index (χ2v) is 3.16. The molecule has 0 aliphatic carbocycles. The molecule has 1 rings (SSSR count). The molecule has 0 spiro atoms. The van der Waals surface area contributed by atoms with Gasteiger partial charge in [0.2, 0.25) is 6.43 Å². The van der Waals surface area contributed by atoms with Gasteiger partial charge in [0, 0.05) is 24.1 Å². The van der Waals surface area contributed by atoms with Crippen LogP contribution in [0.25, 0.3) is 0 Å². The first-order chi connectivity index (χ1) is 7.04. The first-order valence-electron chi connectivity index (χ1n) is 4.45. The van der Waals surface area contributed by atoms with Gasteiger partial charge in [-0.2, -0.15) is 0 Å². The van der Waals surface area contributed by atoms with E-state index in [9.17, 15) is 13.9 Å². The highest BCUT2D eigenvalue weighted by Crippen LogP contribution is 2.29. The van der Waals surface area contributed by atoms with Gasteiger partial charge in [-0.05, 0) is 6.07 Å². The first kappa shape index (κ1) is 11.7. The number of hydrogen-bond acceptors (Lipinski definition) is 3. The van der Waals surface area contributed by atoms with E-state index in [2.05, 4.69) is 0 Å². The van der Waals surface area contributed by atoms with Crippen molar-refractivity contribution in [1.82, 2.24) is 0 Å². The van der Waals surface area contributed by atoms with Crippen LogP contribution in [0.1, 0.15) is 18.0 Å². The molecule has 3 nitrogen and oxygen atoms in total. The third-order valence-corrected chi connectivity index (χ3v) is 2.07. The van der Waals surface area contributed by atoms with Crippen LogP contribution in [0.4, 0.5) is 8.78 Å². The molecule has 1 aromatic carbocycles. The molecular formula is C10H13F2NO2. The van der Waals surface area contributed by atoms with Gasteiger partial charge >= 0.3 is 0 Å². The number of ether oxygens (including phenoxy) is 1. The number of nitrogens with two attached hydrogens (primary N) is 1.